The molecule has 84 valence electrons. The number of hydrogen-bond donors (Lipinski definition) is 0. The molecule has 1 rings (SSSR count). The second-order valence-electron chi connectivity index (χ2n) is 3.00. The van der Waals surface area contributed by atoms with Gasteiger partial charge in [-0.05, 0) is 12.1 Å². The third kappa shape index (κ3) is 3.35. The van der Waals surface area contributed by atoms with Gasteiger partial charge in [-0.25, -0.2) is 4.79 Å². The molecule has 6 heteroatoms. The quantitative estimate of drug-likeness (QED) is 0.362. The van der Waals surface area contributed by atoms with E-state index in [0.717, 1.165) is 0 Å². The molecule has 0 N–H and O–H groups in total. The average molecular weight is 259 g/mol. The first-order chi connectivity index (χ1) is 7.54. The molecule has 0 spiro atoms. The molecule has 1 aromatic carbocycles. The molecule has 0 fully saturated rings. The molecule has 0 aromatic heterocycles. The molecule has 0 saturated heterocycles. The molecule has 0 saturated carbocycles. The number of esters is 1. The summed E-state index contributed by atoms with van der Waals surface area (Å²) in [6.07, 6.45) is 0. The van der Waals surface area contributed by atoms with E-state index in [4.69, 9.17) is 33.5 Å². The first-order valence-electron chi connectivity index (χ1n) is 4.34. The van der Waals surface area contributed by atoms with Crippen LogP contribution < -0.4 is 0 Å². The molecule has 0 atom stereocenters. The van der Waals surface area contributed by atoms with Crippen LogP contribution >= 0.6 is 23.2 Å². The standard InChI is InChI=1S/C10H8Cl2N2O2/c1-6(14-13)10(15)16-5-7-2-3-8(11)4-9(7)12/h2-4H,5H2,1H3. The molecule has 0 amide bonds. The van der Waals surface area contributed by atoms with Crippen LogP contribution in [0.4, 0.5) is 0 Å². The van der Waals surface area contributed by atoms with E-state index < -0.39 is 5.97 Å². The van der Waals surface area contributed by atoms with Crippen LogP contribution in [-0.4, -0.2) is 16.5 Å². The van der Waals surface area contributed by atoms with Crippen LogP contribution in [0.2, 0.25) is 10.0 Å². The smallest absolute Gasteiger partial charge is 0.416 e. The maximum Gasteiger partial charge on any atom is 0.416 e. The van der Waals surface area contributed by atoms with Gasteiger partial charge in [0.25, 0.3) is 0 Å². The predicted octanol–water partition coefficient (Wildman–Crippen LogP) is 2.73. The van der Waals surface area contributed by atoms with E-state index in [1.165, 1.54) is 6.92 Å². The lowest BCUT2D eigenvalue weighted by atomic mass is 10.2. The molecule has 1 aromatic rings. The molecule has 0 radical (unpaired) electrons. The van der Waals surface area contributed by atoms with Gasteiger partial charge in [-0.2, -0.15) is 4.79 Å². The van der Waals surface area contributed by atoms with Crippen LogP contribution in [0.1, 0.15) is 12.5 Å². The molecular formula is C10H8Cl2N2O2. The Hall–Kier alpha value is -1.35. The van der Waals surface area contributed by atoms with Gasteiger partial charge < -0.3 is 10.3 Å². The molecule has 16 heavy (non-hydrogen) atoms. The first kappa shape index (κ1) is 12.7. The molecule has 0 aliphatic heterocycles. The maximum atomic E-state index is 11.1. The number of nitrogens with zero attached hydrogens (tertiary/aromatic N) is 2. The Morgan fingerprint density at radius 3 is 2.75 bits per heavy atom. The number of benzene rings is 1. The Bertz CT molecular complexity index is 468. The topological polar surface area (TPSA) is 62.7 Å². The lowest BCUT2D eigenvalue weighted by Gasteiger charge is -2.04. The van der Waals surface area contributed by atoms with Crippen molar-refractivity contribution in [2.45, 2.75) is 13.5 Å². The largest absolute Gasteiger partial charge is 0.452 e. The van der Waals surface area contributed by atoms with Gasteiger partial charge >= 0.3 is 11.7 Å². The minimum atomic E-state index is -0.700. The minimum absolute atomic E-state index is 0.00168. The Kier molecular flexibility index (Phi) is 4.50. The van der Waals surface area contributed by atoms with Crippen LogP contribution in [0.15, 0.2) is 18.2 Å². The van der Waals surface area contributed by atoms with Crippen LogP contribution in [0, 0.1) is 0 Å². The van der Waals surface area contributed by atoms with E-state index in [9.17, 15) is 4.79 Å². The fourth-order valence-electron chi connectivity index (χ4n) is 0.927. The van der Waals surface area contributed by atoms with Crippen molar-refractivity contribution in [1.29, 1.82) is 0 Å². The highest BCUT2D eigenvalue weighted by Crippen LogP contribution is 2.21. The zero-order valence-electron chi connectivity index (χ0n) is 8.41. The van der Waals surface area contributed by atoms with Crippen molar-refractivity contribution in [1.82, 2.24) is 0 Å². The summed E-state index contributed by atoms with van der Waals surface area (Å²) < 4.78 is 4.84. The van der Waals surface area contributed by atoms with Crippen molar-refractivity contribution < 1.29 is 14.3 Å². The molecule has 0 bridgehead atoms. The summed E-state index contributed by atoms with van der Waals surface area (Å²) in [5, 5.41) is 0.923. The van der Waals surface area contributed by atoms with Gasteiger partial charge in [0.1, 0.15) is 6.61 Å². The van der Waals surface area contributed by atoms with Crippen LogP contribution in [-0.2, 0) is 16.1 Å². The highest BCUT2D eigenvalue weighted by atomic mass is 35.5. The zero-order chi connectivity index (χ0) is 12.1. The summed E-state index contributed by atoms with van der Waals surface area (Å²) in [5.41, 5.74) is 8.85. The van der Waals surface area contributed by atoms with E-state index in [1.807, 2.05) is 0 Å². The predicted molar refractivity (Wildman–Crippen MR) is 60.6 cm³/mol. The maximum absolute atomic E-state index is 11.1. The van der Waals surface area contributed by atoms with Gasteiger partial charge in [0.05, 0.1) is 0 Å². The lowest BCUT2D eigenvalue weighted by molar-refractivity contribution is -0.141. The van der Waals surface area contributed by atoms with Crippen molar-refractivity contribution in [2.24, 2.45) is 0 Å². The van der Waals surface area contributed by atoms with Crippen molar-refractivity contribution in [2.75, 3.05) is 0 Å². The highest BCUT2D eigenvalue weighted by molar-refractivity contribution is 6.35. The Labute approximate surface area is 102 Å². The van der Waals surface area contributed by atoms with E-state index in [1.54, 1.807) is 18.2 Å². The lowest BCUT2D eigenvalue weighted by Crippen LogP contribution is -2.15. The zero-order valence-corrected chi connectivity index (χ0v) is 9.92. The Balaban J connectivity index is 2.69. The van der Waals surface area contributed by atoms with Crippen molar-refractivity contribution in [3.63, 3.8) is 0 Å². The van der Waals surface area contributed by atoms with E-state index in [2.05, 4.69) is 4.79 Å². The van der Waals surface area contributed by atoms with Gasteiger partial charge in [-0.3, -0.25) is 0 Å². The Morgan fingerprint density at radius 2 is 2.19 bits per heavy atom. The van der Waals surface area contributed by atoms with Gasteiger partial charge in [0.15, 0.2) is 0 Å². The SMILES string of the molecule is CC(=[N+]=[N-])C(=O)OCc1ccc(Cl)cc1Cl. The number of rotatable bonds is 3. The second-order valence-corrected chi connectivity index (χ2v) is 3.84. The van der Waals surface area contributed by atoms with Gasteiger partial charge in [0.2, 0.25) is 0 Å². The molecule has 4 nitrogen and oxygen atoms in total. The summed E-state index contributed by atoms with van der Waals surface area (Å²) in [5.74, 6) is -0.700. The molecule has 0 aliphatic carbocycles. The number of halogens is 2. The highest BCUT2D eigenvalue weighted by Gasteiger charge is 2.15. The van der Waals surface area contributed by atoms with Gasteiger partial charge in [-0.15, -0.1) is 0 Å². The minimum Gasteiger partial charge on any atom is -0.452 e. The van der Waals surface area contributed by atoms with Crippen molar-refractivity contribution in [3.8, 4) is 0 Å². The number of carbonyl (C=O) groups is 1. The van der Waals surface area contributed by atoms with Gasteiger partial charge in [0, 0.05) is 22.5 Å². The summed E-state index contributed by atoms with van der Waals surface area (Å²) in [6, 6.07) is 4.85. The Morgan fingerprint density at radius 1 is 1.50 bits per heavy atom. The summed E-state index contributed by atoms with van der Waals surface area (Å²) >= 11 is 11.6. The fourth-order valence-corrected chi connectivity index (χ4v) is 1.39. The van der Waals surface area contributed by atoms with E-state index >= 15 is 0 Å². The third-order valence-corrected chi connectivity index (χ3v) is 2.41. The van der Waals surface area contributed by atoms with Crippen LogP contribution in [0.25, 0.3) is 5.53 Å². The fraction of sp³-hybridized carbons (Fsp3) is 0.200. The number of hydrogen-bond acceptors (Lipinski definition) is 2. The van der Waals surface area contributed by atoms with Crippen LogP contribution in [0.5, 0.6) is 0 Å². The molecule has 0 heterocycles. The summed E-state index contributed by atoms with van der Waals surface area (Å²) in [6.45, 7) is 1.34. The normalized spacial score (nSPS) is 9.44. The third-order valence-electron chi connectivity index (χ3n) is 1.82. The average Bonchev–Trinajstić information content (AvgIpc) is 2.26. The van der Waals surface area contributed by atoms with E-state index in [0.29, 0.717) is 15.6 Å². The second kappa shape index (κ2) is 5.66. The van der Waals surface area contributed by atoms with E-state index in [-0.39, 0.29) is 12.3 Å². The summed E-state index contributed by atoms with van der Waals surface area (Å²) in [4.78, 5) is 13.9. The molecular weight excluding hydrogens is 251 g/mol. The van der Waals surface area contributed by atoms with Crippen molar-refractivity contribution in [3.05, 3.63) is 39.3 Å². The number of carbonyl (C=O) groups excluding carboxylic acids is 1. The molecule has 0 aliphatic rings. The van der Waals surface area contributed by atoms with Crippen LogP contribution in [0.3, 0.4) is 0 Å². The summed E-state index contributed by atoms with van der Waals surface area (Å²) in [7, 11) is 0. The van der Waals surface area contributed by atoms with Gasteiger partial charge in [-0.1, -0.05) is 29.3 Å². The first-order valence-corrected chi connectivity index (χ1v) is 5.10. The number of ether oxygens (including phenoxy) is 1. The molecule has 0 unspecified atom stereocenters. The van der Waals surface area contributed by atoms with Crippen molar-refractivity contribution >= 4 is 34.9 Å². The monoisotopic (exact) mass is 258 g/mol.